The van der Waals surface area contributed by atoms with Gasteiger partial charge in [0, 0.05) is 10.6 Å². The van der Waals surface area contributed by atoms with Crippen molar-refractivity contribution < 1.29 is 14.6 Å². The van der Waals surface area contributed by atoms with Crippen LogP contribution in [-0.4, -0.2) is 23.8 Å². The summed E-state index contributed by atoms with van der Waals surface area (Å²) in [4.78, 5) is 12.2. The van der Waals surface area contributed by atoms with E-state index in [4.69, 9.17) is 16.3 Å². The van der Waals surface area contributed by atoms with E-state index in [0.29, 0.717) is 22.8 Å². The molecular weight excluding hydrogens is 472 g/mol. The third-order valence-electron chi connectivity index (χ3n) is 5.82. The van der Waals surface area contributed by atoms with E-state index in [-0.39, 0.29) is 23.2 Å². The van der Waals surface area contributed by atoms with E-state index < -0.39 is 5.91 Å². The Bertz CT molecular complexity index is 1210. The number of hydrazone groups is 1. The molecule has 0 saturated heterocycles. The van der Waals surface area contributed by atoms with E-state index in [1.165, 1.54) is 11.8 Å². The van der Waals surface area contributed by atoms with Gasteiger partial charge in [0.1, 0.15) is 11.5 Å². The van der Waals surface area contributed by atoms with Gasteiger partial charge in [-0.05, 0) is 70.7 Å². The van der Waals surface area contributed by atoms with Crippen molar-refractivity contribution in [1.29, 1.82) is 0 Å². The quantitative estimate of drug-likeness (QED) is 0.245. The molecule has 190 valence electrons. The van der Waals surface area contributed by atoms with Gasteiger partial charge in [0.25, 0.3) is 5.91 Å². The van der Waals surface area contributed by atoms with Crippen LogP contribution in [0.2, 0.25) is 5.02 Å². The fourth-order valence-corrected chi connectivity index (χ4v) is 4.67. The van der Waals surface area contributed by atoms with Gasteiger partial charge >= 0.3 is 0 Å². The fourth-order valence-electron chi connectivity index (χ4n) is 4.46. The number of aromatic hydroxyl groups is 1. The van der Waals surface area contributed by atoms with Crippen molar-refractivity contribution in [1.82, 2.24) is 5.43 Å². The number of carbonyl (C=O) groups is 1. The van der Waals surface area contributed by atoms with E-state index in [0.717, 1.165) is 17.5 Å². The molecule has 0 fully saturated rings. The first-order valence-corrected chi connectivity index (χ1v) is 12.4. The average Bonchev–Trinajstić information content (AvgIpc) is 2.80. The summed E-state index contributed by atoms with van der Waals surface area (Å²) in [5.74, 6) is 0.297. The second kappa shape index (κ2) is 11.6. The van der Waals surface area contributed by atoms with Crippen LogP contribution in [-0.2, 0) is 16.6 Å². The van der Waals surface area contributed by atoms with Crippen molar-refractivity contribution in [2.75, 3.05) is 6.61 Å². The van der Waals surface area contributed by atoms with Gasteiger partial charge < -0.3 is 9.84 Å². The Morgan fingerprint density at radius 3 is 2.39 bits per heavy atom. The number of ether oxygens (including phenoxy) is 1. The topological polar surface area (TPSA) is 70.9 Å². The monoisotopic (exact) mass is 506 g/mol. The Morgan fingerprint density at radius 2 is 1.72 bits per heavy atom. The highest BCUT2D eigenvalue weighted by atomic mass is 35.5. The molecule has 0 aliphatic rings. The van der Waals surface area contributed by atoms with Gasteiger partial charge in [-0.1, -0.05) is 82.6 Å². The van der Waals surface area contributed by atoms with Gasteiger partial charge in [-0.15, -0.1) is 0 Å². The number of benzene rings is 3. The average molecular weight is 507 g/mol. The van der Waals surface area contributed by atoms with E-state index in [9.17, 15) is 9.90 Å². The minimum atomic E-state index is -0.393. The summed E-state index contributed by atoms with van der Waals surface area (Å²) in [5.41, 5.74) is 6.39. The van der Waals surface area contributed by atoms with Gasteiger partial charge in [-0.3, -0.25) is 4.79 Å². The summed E-state index contributed by atoms with van der Waals surface area (Å²) in [6, 6.07) is 20.8. The number of carbonyl (C=O) groups excluding carboxylic acids is 1. The molecule has 0 atom stereocenters. The lowest BCUT2D eigenvalue weighted by molar-refractivity contribution is -0.123. The normalized spacial score (nSPS) is 12.1. The number of hydrogen-bond acceptors (Lipinski definition) is 4. The smallest absolute Gasteiger partial charge is 0.277 e. The fraction of sp³-hybridized carbons (Fsp3) is 0.333. The number of phenols is 1. The summed E-state index contributed by atoms with van der Waals surface area (Å²) in [5, 5.41) is 14.8. The number of hydrogen-bond donors (Lipinski definition) is 2. The van der Waals surface area contributed by atoms with Gasteiger partial charge in [0.15, 0.2) is 6.61 Å². The lowest BCUT2D eigenvalue weighted by Gasteiger charge is -2.33. The molecule has 36 heavy (non-hydrogen) atoms. The molecule has 0 spiro atoms. The SMILES string of the molecule is CC(C)(C)CC(C)(C)c1ccc(OCC(=O)N/N=C\c2cc(Cc3ccccc3Cl)ccc2O)cc1. The number of amides is 1. The molecule has 5 nitrogen and oxygen atoms in total. The van der Waals surface area contributed by atoms with E-state index in [1.54, 1.807) is 6.07 Å². The van der Waals surface area contributed by atoms with Crippen molar-refractivity contribution >= 4 is 23.7 Å². The number of rotatable bonds is 9. The number of halogens is 1. The van der Waals surface area contributed by atoms with Crippen molar-refractivity contribution in [3.63, 3.8) is 0 Å². The number of nitrogens with zero attached hydrogens (tertiary/aromatic N) is 1. The van der Waals surface area contributed by atoms with E-state index >= 15 is 0 Å². The molecule has 3 rings (SSSR count). The standard InChI is InChI=1S/C30H35ClN2O3/c1-29(2,3)20-30(4,5)24-11-13-25(14-12-24)36-19-28(35)33-32-18-23-17-21(10-15-27(23)34)16-22-8-6-7-9-26(22)31/h6-15,17-18,34H,16,19-20H2,1-5H3,(H,33,35)/b32-18-. The van der Waals surface area contributed by atoms with E-state index in [1.807, 2.05) is 48.5 Å². The number of phenolic OH excluding ortho intramolecular Hbond substituents is 1. The van der Waals surface area contributed by atoms with Crippen LogP contribution in [0.15, 0.2) is 71.8 Å². The first kappa shape index (κ1) is 27.3. The highest BCUT2D eigenvalue weighted by Gasteiger charge is 2.27. The minimum Gasteiger partial charge on any atom is -0.507 e. The van der Waals surface area contributed by atoms with E-state index in [2.05, 4.69) is 57.3 Å². The Morgan fingerprint density at radius 1 is 1.03 bits per heavy atom. The molecule has 0 bridgehead atoms. The molecule has 2 N–H and O–H groups in total. The zero-order valence-corrected chi connectivity index (χ0v) is 22.4. The first-order chi connectivity index (χ1) is 16.9. The van der Waals surface area contributed by atoms with Crippen molar-refractivity contribution in [3.05, 3.63) is 94.0 Å². The molecule has 0 radical (unpaired) electrons. The summed E-state index contributed by atoms with van der Waals surface area (Å²) < 4.78 is 5.61. The van der Waals surface area contributed by atoms with Gasteiger partial charge in [0.2, 0.25) is 0 Å². The van der Waals surface area contributed by atoms with Crippen LogP contribution in [0.4, 0.5) is 0 Å². The van der Waals surface area contributed by atoms with Gasteiger partial charge in [0.05, 0.1) is 6.21 Å². The van der Waals surface area contributed by atoms with Crippen LogP contribution in [0, 0.1) is 5.41 Å². The molecule has 0 aromatic heterocycles. The second-order valence-electron chi connectivity index (χ2n) is 10.9. The molecule has 3 aromatic carbocycles. The van der Waals surface area contributed by atoms with Crippen molar-refractivity contribution in [2.24, 2.45) is 10.5 Å². The third kappa shape index (κ3) is 8.13. The highest BCUT2D eigenvalue weighted by molar-refractivity contribution is 6.31. The van der Waals surface area contributed by atoms with Gasteiger partial charge in [-0.25, -0.2) is 5.43 Å². The second-order valence-corrected chi connectivity index (χ2v) is 11.3. The molecule has 1 amide bonds. The lowest BCUT2D eigenvalue weighted by Crippen LogP contribution is -2.25. The molecule has 0 aliphatic carbocycles. The molecule has 6 heteroatoms. The Kier molecular flexibility index (Phi) is 8.80. The first-order valence-electron chi connectivity index (χ1n) is 12.0. The molecule has 0 heterocycles. The van der Waals surface area contributed by atoms with Gasteiger partial charge in [-0.2, -0.15) is 5.10 Å². The Balaban J connectivity index is 1.53. The van der Waals surface area contributed by atoms with Crippen LogP contribution in [0.3, 0.4) is 0 Å². The zero-order chi connectivity index (χ0) is 26.3. The van der Waals surface area contributed by atoms with Crippen LogP contribution < -0.4 is 10.2 Å². The maximum absolute atomic E-state index is 12.2. The van der Waals surface area contributed by atoms with Crippen LogP contribution in [0.1, 0.15) is 63.3 Å². The Labute approximate surface area is 219 Å². The predicted octanol–water partition coefficient (Wildman–Crippen LogP) is 6.88. The molecule has 0 saturated carbocycles. The summed E-state index contributed by atoms with van der Waals surface area (Å²) >= 11 is 6.25. The predicted molar refractivity (Wildman–Crippen MR) is 147 cm³/mol. The maximum Gasteiger partial charge on any atom is 0.277 e. The summed E-state index contributed by atoms with van der Waals surface area (Å²) in [7, 11) is 0. The maximum atomic E-state index is 12.2. The lowest BCUT2D eigenvalue weighted by atomic mass is 9.72. The van der Waals surface area contributed by atoms with Crippen molar-refractivity contribution in [3.8, 4) is 11.5 Å². The molecular formula is C30H35ClN2O3. The molecule has 0 aliphatic heterocycles. The summed E-state index contributed by atoms with van der Waals surface area (Å²) in [6.07, 6.45) is 3.08. The third-order valence-corrected chi connectivity index (χ3v) is 6.18. The molecule has 3 aromatic rings. The van der Waals surface area contributed by atoms with Crippen LogP contribution in [0.5, 0.6) is 11.5 Å². The van der Waals surface area contributed by atoms with Crippen LogP contribution in [0.25, 0.3) is 0 Å². The number of nitrogens with one attached hydrogen (secondary N) is 1. The minimum absolute atomic E-state index is 0.0408. The summed E-state index contributed by atoms with van der Waals surface area (Å²) in [6.45, 7) is 11.0. The van der Waals surface area contributed by atoms with Crippen LogP contribution >= 0.6 is 11.6 Å². The largest absolute Gasteiger partial charge is 0.507 e. The Hall–Kier alpha value is -3.31. The zero-order valence-electron chi connectivity index (χ0n) is 21.6. The van der Waals surface area contributed by atoms with Crippen molar-refractivity contribution in [2.45, 2.75) is 52.9 Å². The highest BCUT2D eigenvalue weighted by Crippen LogP contribution is 2.36. The molecule has 0 unspecified atom stereocenters.